The average Bonchev–Trinajstić information content (AvgIpc) is 2.04. The van der Waals surface area contributed by atoms with Crippen molar-refractivity contribution < 1.29 is 14.0 Å². The summed E-state index contributed by atoms with van der Waals surface area (Å²) in [6.45, 7) is 1.66. The molecule has 1 rings (SSSR count). The lowest BCUT2D eigenvalue weighted by Crippen LogP contribution is -2.22. The zero-order valence-corrected chi connectivity index (χ0v) is 7.43. The number of halogens is 1. The van der Waals surface area contributed by atoms with Crippen LogP contribution in [0.4, 0.5) is 4.39 Å². The second-order valence-corrected chi connectivity index (χ2v) is 2.59. The molecular formula is C9H10FNO2. The summed E-state index contributed by atoms with van der Waals surface area (Å²) in [6.07, 6.45) is 0. The van der Waals surface area contributed by atoms with Gasteiger partial charge in [0.15, 0.2) is 0 Å². The minimum atomic E-state index is -0.375. The van der Waals surface area contributed by atoms with Crippen LogP contribution in [-0.2, 0) is 4.84 Å². The van der Waals surface area contributed by atoms with Crippen LogP contribution in [0.1, 0.15) is 15.9 Å². The van der Waals surface area contributed by atoms with Crippen molar-refractivity contribution >= 4 is 5.91 Å². The van der Waals surface area contributed by atoms with E-state index in [1.807, 2.05) is 0 Å². The lowest BCUT2D eigenvalue weighted by Gasteiger charge is -2.04. The Kier molecular flexibility index (Phi) is 2.97. The van der Waals surface area contributed by atoms with E-state index in [-0.39, 0.29) is 11.7 Å². The topological polar surface area (TPSA) is 38.3 Å². The van der Waals surface area contributed by atoms with Crippen LogP contribution in [0.3, 0.4) is 0 Å². The van der Waals surface area contributed by atoms with E-state index >= 15 is 0 Å². The summed E-state index contributed by atoms with van der Waals surface area (Å²) in [5.74, 6) is -0.730. The van der Waals surface area contributed by atoms with Gasteiger partial charge in [0.1, 0.15) is 5.82 Å². The Morgan fingerprint density at radius 3 is 2.77 bits per heavy atom. The smallest absolute Gasteiger partial charge is 0.275 e. The lowest BCUT2D eigenvalue weighted by molar-refractivity contribution is 0.0537. The minimum absolute atomic E-state index is 0.355. The van der Waals surface area contributed by atoms with E-state index in [1.165, 1.54) is 25.3 Å². The molecule has 0 atom stereocenters. The Morgan fingerprint density at radius 2 is 2.23 bits per heavy atom. The number of hydrogen-bond donors (Lipinski definition) is 1. The van der Waals surface area contributed by atoms with Gasteiger partial charge in [-0.2, -0.15) is 0 Å². The first-order valence-electron chi connectivity index (χ1n) is 3.74. The van der Waals surface area contributed by atoms with Crippen molar-refractivity contribution in [2.75, 3.05) is 7.11 Å². The first kappa shape index (κ1) is 9.67. The van der Waals surface area contributed by atoms with Gasteiger partial charge in [-0.3, -0.25) is 9.63 Å². The Hall–Kier alpha value is -1.42. The first-order valence-corrected chi connectivity index (χ1v) is 3.74. The SMILES string of the molecule is CONC(=O)c1ccc(F)cc1C. The van der Waals surface area contributed by atoms with E-state index in [1.54, 1.807) is 6.92 Å². The van der Waals surface area contributed by atoms with Gasteiger partial charge >= 0.3 is 0 Å². The maximum Gasteiger partial charge on any atom is 0.275 e. The Bertz CT molecular complexity index is 325. The average molecular weight is 183 g/mol. The van der Waals surface area contributed by atoms with Gasteiger partial charge < -0.3 is 0 Å². The number of hydrogen-bond acceptors (Lipinski definition) is 2. The van der Waals surface area contributed by atoms with Crippen molar-refractivity contribution in [2.24, 2.45) is 0 Å². The number of aryl methyl sites for hydroxylation is 1. The molecule has 0 aromatic heterocycles. The van der Waals surface area contributed by atoms with Gasteiger partial charge in [-0.05, 0) is 30.7 Å². The van der Waals surface area contributed by atoms with Gasteiger partial charge in [0.2, 0.25) is 0 Å². The zero-order chi connectivity index (χ0) is 9.84. The van der Waals surface area contributed by atoms with Gasteiger partial charge in [-0.25, -0.2) is 9.87 Å². The molecule has 1 aromatic rings. The summed E-state index contributed by atoms with van der Waals surface area (Å²) in [6, 6.07) is 3.95. The van der Waals surface area contributed by atoms with Crippen LogP contribution in [0.25, 0.3) is 0 Å². The second-order valence-electron chi connectivity index (χ2n) is 2.59. The fourth-order valence-electron chi connectivity index (χ4n) is 1.03. The van der Waals surface area contributed by atoms with Gasteiger partial charge in [0.25, 0.3) is 5.91 Å². The summed E-state index contributed by atoms with van der Waals surface area (Å²) in [7, 11) is 1.34. The third-order valence-corrected chi connectivity index (χ3v) is 1.63. The van der Waals surface area contributed by atoms with E-state index in [2.05, 4.69) is 10.3 Å². The van der Waals surface area contributed by atoms with Crippen molar-refractivity contribution in [1.29, 1.82) is 0 Å². The molecule has 0 saturated heterocycles. The molecule has 0 aliphatic heterocycles. The number of hydroxylamine groups is 1. The van der Waals surface area contributed by atoms with E-state index in [0.717, 1.165) is 0 Å². The van der Waals surface area contributed by atoms with Crippen molar-refractivity contribution in [1.82, 2.24) is 5.48 Å². The van der Waals surface area contributed by atoms with Gasteiger partial charge in [-0.15, -0.1) is 0 Å². The van der Waals surface area contributed by atoms with Gasteiger partial charge in [0.05, 0.1) is 7.11 Å². The highest BCUT2D eigenvalue weighted by molar-refractivity contribution is 5.94. The number of nitrogens with one attached hydrogen (secondary N) is 1. The molecule has 0 aliphatic rings. The van der Waals surface area contributed by atoms with Gasteiger partial charge in [-0.1, -0.05) is 0 Å². The first-order chi connectivity index (χ1) is 6.15. The van der Waals surface area contributed by atoms with E-state index in [0.29, 0.717) is 11.1 Å². The van der Waals surface area contributed by atoms with Crippen molar-refractivity contribution in [3.05, 3.63) is 35.1 Å². The second kappa shape index (κ2) is 4.00. The highest BCUT2D eigenvalue weighted by Gasteiger charge is 2.08. The minimum Gasteiger partial charge on any atom is -0.277 e. The van der Waals surface area contributed by atoms with Crippen LogP contribution < -0.4 is 5.48 Å². The van der Waals surface area contributed by atoms with Gasteiger partial charge in [0, 0.05) is 5.56 Å². The lowest BCUT2D eigenvalue weighted by atomic mass is 10.1. The fraction of sp³-hybridized carbons (Fsp3) is 0.222. The standard InChI is InChI=1S/C9H10FNO2/c1-6-5-7(10)3-4-8(6)9(12)11-13-2/h3-5H,1-2H3,(H,11,12). The van der Waals surface area contributed by atoms with Crippen LogP contribution in [-0.4, -0.2) is 13.0 Å². The maximum absolute atomic E-state index is 12.6. The fourth-order valence-corrected chi connectivity index (χ4v) is 1.03. The van der Waals surface area contributed by atoms with Crippen molar-refractivity contribution in [2.45, 2.75) is 6.92 Å². The molecule has 0 aliphatic carbocycles. The largest absolute Gasteiger partial charge is 0.277 e. The monoisotopic (exact) mass is 183 g/mol. The maximum atomic E-state index is 12.6. The predicted octanol–water partition coefficient (Wildman–Crippen LogP) is 1.43. The predicted molar refractivity (Wildman–Crippen MR) is 45.6 cm³/mol. The van der Waals surface area contributed by atoms with Crippen molar-refractivity contribution in [3.8, 4) is 0 Å². The molecule has 1 amide bonds. The molecule has 0 spiro atoms. The molecular weight excluding hydrogens is 173 g/mol. The van der Waals surface area contributed by atoms with Crippen LogP contribution >= 0.6 is 0 Å². The zero-order valence-electron chi connectivity index (χ0n) is 7.43. The number of carbonyl (C=O) groups is 1. The molecule has 70 valence electrons. The molecule has 13 heavy (non-hydrogen) atoms. The molecule has 3 nitrogen and oxygen atoms in total. The molecule has 0 saturated carbocycles. The molecule has 0 fully saturated rings. The van der Waals surface area contributed by atoms with E-state index in [9.17, 15) is 9.18 Å². The summed E-state index contributed by atoms with van der Waals surface area (Å²) < 4.78 is 12.6. The molecule has 0 radical (unpaired) electrons. The Labute approximate surface area is 75.5 Å². The summed E-state index contributed by atoms with van der Waals surface area (Å²) in [4.78, 5) is 15.7. The summed E-state index contributed by atoms with van der Waals surface area (Å²) >= 11 is 0. The highest BCUT2D eigenvalue weighted by Crippen LogP contribution is 2.09. The number of carbonyl (C=O) groups excluding carboxylic acids is 1. The molecule has 1 N–H and O–H groups in total. The van der Waals surface area contributed by atoms with Crippen molar-refractivity contribution in [3.63, 3.8) is 0 Å². The number of rotatable bonds is 2. The number of amides is 1. The van der Waals surface area contributed by atoms with E-state index < -0.39 is 0 Å². The molecule has 1 aromatic carbocycles. The van der Waals surface area contributed by atoms with Crippen LogP contribution in [0, 0.1) is 12.7 Å². The summed E-state index contributed by atoms with van der Waals surface area (Å²) in [5, 5.41) is 0. The molecule has 0 bridgehead atoms. The number of benzene rings is 1. The highest BCUT2D eigenvalue weighted by atomic mass is 19.1. The Balaban J connectivity index is 2.95. The molecule has 4 heteroatoms. The van der Waals surface area contributed by atoms with Crippen LogP contribution in [0.2, 0.25) is 0 Å². The normalized spacial score (nSPS) is 9.77. The summed E-state index contributed by atoms with van der Waals surface area (Å²) in [5.41, 5.74) is 3.14. The van der Waals surface area contributed by atoms with Crippen LogP contribution in [0.5, 0.6) is 0 Å². The third kappa shape index (κ3) is 2.26. The van der Waals surface area contributed by atoms with Crippen LogP contribution in [0.15, 0.2) is 18.2 Å². The quantitative estimate of drug-likeness (QED) is 0.704. The van der Waals surface area contributed by atoms with E-state index in [4.69, 9.17) is 0 Å². The molecule has 0 unspecified atom stereocenters. The molecule has 0 heterocycles. The third-order valence-electron chi connectivity index (χ3n) is 1.63. The Morgan fingerprint density at radius 1 is 1.54 bits per heavy atom.